The monoisotopic (exact) mass is 284 g/mol. The molecule has 110 valence electrons. The number of nitro groups is 1. The van der Waals surface area contributed by atoms with Crippen LogP contribution in [-0.4, -0.2) is 47.9 Å². The quantitative estimate of drug-likeness (QED) is 0.381. The van der Waals surface area contributed by atoms with Crippen molar-refractivity contribution < 1.29 is 24.7 Å². The number of non-ortho nitro benzene ring substituents is 1. The summed E-state index contributed by atoms with van der Waals surface area (Å²) >= 11 is 0. The van der Waals surface area contributed by atoms with Crippen molar-refractivity contribution in [3.8, 4) is 0 Å². The molecular weight excluding hydrogens is 268 g/mol. The number of hydrogen-bond donors (Lipinski definition) is 3. The first-order valence-electron chi connectivity index (χ1n) is 5.79. The molecule has 0 heterocycles. The molecule has 0 fully saturated rings. The van der Waals surface area contributed by atoms with E-state index >= 15 is 0 Å². The number of nitro benzene ring substituents is 1. The smallest absolute Gasteiger partial charge is 0.338 e. The number of methoxy groups -OCH3 is 1. The molecule has 0 aromatic heterocycles. The van der Waals surface area contributed by atoms with Crippen molar-refractivity contribution in [1.29, 1.82) is 0 Å². The minimum absolute atomic E-state index is 0.0626. The van der Waals surface area contributed by atoms with E-state index in [0.29, 0.717) is 0 Å². The Kier molecular flexibility index (Phi) is 5.56. The maximum Gasteiger partial charge on any atom is 0.338 e. The van der Waals surface area contributed by atoms with Crippen molar-refractivity contribution in [1.82, 2.24) is 5.32 Å². The first-order chi connectivity index (χ1) is 9.40. The van der Waals surface area contributed by atoms with Crippen molar-refractivity contribution in [2.75, 3.05) is 20.7 Å². The van der Waals surface area contributed by atoms with E-state index in [9.17, 15) is 25.1 Å². The molecule has 0 saturated carbocycles. The molecule has 1 aromatic rings. The molecule has 0 bridgehead atoms. The zero-order valence-electron chi connectivity index (χ0n) is 11.1. The highest BCUT2D eigenvalue weighted by Crippen LogP contribution is 2.24. The lowest BCUT2D eigenvalue weighted by Crippen LogP contribution is -2.29. The van der Waals surface area contributed by atoms with E-state index in [1.807, 2.05) is 0 Å². The third-order valence-corrected chi connectivity index (χ3v) is 2.69. The van der Waals surface area contributed by atoms with Crippen LogP contribution in [0, 0.1) is 10.1 Å². The summed E-state index contributed by atoms with van der Waals surface area (Å²) in [6.45, 7) is 0.0947. The minimum Gasteiger partial charge on any atom is -0.465 e. The second kappa shape index (κ2) is 6.94. The summed E-state index contributed by atoms with van der Waals surface area (Å²) in [5.74, 6) is -0.759. The van der Waals surface area contributed by atoms with E-state index in [-0.39, 0.29) is 23.4 Å². The number of esters is 1. The Bertz CT molecular complexity index is 505. The summed E-state index contributed by atoms with van der Waals surface area (Å²) in [6.07, 6.45) is -2.52. The molecular formula is C12H16N2O6. The average Bonchev–Trinajstić information content (AvgIpc) is 2.45. The standard InChI is InChI=1S/C12H16N2O6/c1-13-6-10(15)11(16)7-3-8(12(17)20-2)5-9(4-7)14(18)19/h3-5,10-11,13,15-16H,6H2,1-2H3. The van der Waals surface area contributed by atoms with Gasteiger partial charge in [-0.2, -0.15) is 0 Å². The highest BCUT2D eigenvalue weighted by Gasteiger charge is 2.23. The molecule has 0 aliphatic heterocycles. The number of hydrogen-bond acceptors (Lipinski definition) is 7. The van der Waals surface area contributed by atoms with Crippen LogP contribution in [0.25, 0.3) is 0 Å². The van der Waals surface area contributed by atoms with Crippen molar-refractivity contribution in [3.05, 3.63) is 39.4 Å². The number of nitrogens with zero attached hydrogens (tertiary/aromatic N) is 1. The number of nitrogens with one attached hydrogen (secondary N) is 1. The number of rotatable bonds is 6. The number of carbonyl (C=O) groups excluding carboxylic acids is 1. The molecule has 0 amide bonds. The maximum absolute atomic E-state index is 11.5. The molecule has 8 nitrogen and oxygen atoms in total. The van der Waals surface area contributed by atoms with Gasteiger partial charge in [0.25, 0.3) is 5.69 Å². The Morgan fingerprint density at radius 3 is 2.60 bits per heavy atom. The van der Waals surface area contributed by atoms with Gasteiger partial charge in [-0.15, -0.1) is 0 Å². The van der Waals surface area contributed by atoms with Crippen LogP contribution in [0.4, 0.5) is 5.69 Å². The van der Waals surface area contributed by atoms with Gasteiger partial charge in [0.2, 0.25) is 0 Å². The second-order valence-electron chi connectivity index (χ2n) is 4.13. The van der Waals surface area contributed by atoms with E-state index in [0.717, 1.165) is 19.2 Å². The third-order valence-electron chi connectivity index (χ3n) is 2.69. The van der Waals surface area contributed by atoms with E-state index < -0.39 is 23.1 Å². The SMILES string of the molecule is CNCC(O)C(O)c1cc(C(=O)OC)cc([N+](=O)[O-])c1. The second-order valence-corrected chi connectivity index (χ2v) is 4.13. The van der Waals surface area contributed by atoms with Crippen LogP contribution in [0.2, 0.25) is 0 Å². The van der Waals surface area contributed by atoms with E-state index in [1.54, 1.807) is 7.05 Å². The molecule has 1 rings (SSSR count). The van der Waals surface area contributed by atoms with Gasteiger partial charge in [-0.3, -0.25) is 10.1 Å². The van der Waals surface area contributed by atoms with Gasteiger partial charge in [0.15, 0.2) is 0 Å². The van der Waals surface area contributed by atoms with Crippen LogP contribution in [-0.2, 0) is 4.74 Å². The first-order valence-corrected chi connectivity index (χ1v) is 5.79. The highest BCUT2D eigenvalue weighted by molar-refractivity contribution is 5.90. The van der Waals surface area contributed by atoms with Crippen LogP contribution < -0.4 is 5.32 Å². The molecule has 8 heteroatoms. The normalized spacial score (nSPS) is 13.6. The van der Waals surface area contributed by atoms with E-state index in [4.69, 9.17) is 0 Å². The molecule has 2 atom stereocenters. The van der Waals surface area contributed by atoms with Gasteiger partial charge in [0.1, 0.15) is 6.10 Å². The maximum atomic E-state index is 11.5. The van der Waals surface area contributed by atoms with Gasteiger partial charge in [0.05, 0.1) is 23.7 Å². The molecule has 0 radical (unpaired) electrons. The Morgan fingerprint density at radius 2 is 2.10 bits per heavy atom. The molecule has 20 heavy (non-hydrogen) atoms. The van der Waals surface area contributed by atoms with Gasteiger partial charge in [-0.05, 0) is 18.7 Å². The summed E-state index contributed by atoms with van der Waals surface area (Å²) in [4.78, 5) is 21.6. The van der Waals surface area contributed by atoms with Gasteiger partial charge in [-0.25, -0.2) is 4.79 Å². The number of ether oxygens (including phenoxy) is 1. The molecule has 3 N–H and O–H groups in total. The molecule has 0 aliphatic carbocycles. The highest BCUT2D eigenvalue weighted by atomic mass is 16.6. The lowest BCUT2D eigenvalue weighted by molar-refractivity contribution is -0.385. The van der Waals surface area contributed by atoms with Gasteiger partial charge in [-0.1, -0.05) is 0 Å². The lowest BCUT2D eigenvalue weighted by Gasteiger charge is -2.18. The van der Waals surface area contributed by atoms with Crippen molar-refractivity contribution in [3.63, 3.8) is 0 Å². The molecule has 0 spiro atoms. The Morgan fingerprint density at radius 1 is 1.45 bits per heavy atom. The van der Waals surface area contributed by atoms with Crippen molar-refractivity contribution in [2.24, 2.45) is 0 Å². The number of carbonyl (C=O) groups is 1. The molecule has 0 saturated heterocycles. The lowest BCUT2D eigenvalue weighted by atomic mass is 10.0. The minimum atomic E-state index is -1.36. The van der Waals surface area contributed by atoms with E-state index in [1.165, 1.54) is 6.07 Å². The van der Waals surface area contributed by atoms with Crippen molar-refractivity contribution in [2.45, 2.75) is 12.2 Å². The third kappa shape index (κ3) is 3.73. The zero-order valence-corrected chi connectivity index (χ0v) is 11.1. The zero-order chi connectivity index (χ0) is 15.3. The largest absolute Gasteiger partial charge is 0.465 e. The summed E-state index contributed by atoms with van der Waals surface area (Å²) in [6, 6.07) is 3.41. The van der Waals surface area contributed by atoms with Gasteiger partial charge in [0, 0.05) is 18.7 Å². The van der Waals surface area contributed by atoms with Crippen LogP contribution in [0.15, 0.2) is 18.2 Å². The summed E-state index contributed by atoms with van der Waals surface area (Å²) in [7, 11) is 2.73. The number of likely N-dealkylation sites (N-methyl/N-ethyl adjacent to an activating group) is 1. The molecule has 1 aromatic carbocycles. The fourth-order valence-corrected chi connectivity index (χ4v) is 1.69. The molecule has 2 unspecified atom stereocenters. The van der Waals surface area contributed by atoms with Crippen LogP contribution in [0.1, 0.15) is 22.0 Å². The number of aliphatic hydroxyl groups excluding tert-OH is 2. The van der Waals surface area contributed by atoms with Gasteiger partial charge >= 0.3 is 5.97 Å². The predicted molar refractivity (Wildman–Crippen MR) is 69.3 cm³/mol. The summed E-state index contributed by atoms with van der Waals surface area (Å²) < 4.78 is 4.50. The van der Waals surface area contributed by atoms with Crippen LogP contribution in [0.5, 0.6) is 0 Å². The number of benzene rings is 1. The topological polar surface area (TPSA) is 122 Å². The summed E-state index contributed by atoms with van der Waals surface area (Å²) in [5.41, 5.74) is -0.353. The van der Waals surface area contributed by atoms with Crippen LogP contribution >= 0.6 is 0 Å². The average molecular weight is 284 g/mol. The Labute approximate surface area is 115 Å². The fraction of sp³-hybridized carbons (Fsp3) is 0.417. The Balaban J connectivity index is 3.21. The van der Waals surface area contributed by atoms with Crippen LogP contribution in [0.3, 0.4) is 0 Å². The molecule has 0 aliphatic rings. The fourth-order valence-electron chi connectivity index (χ4n) is 1.69. The summed E-state index contributed by atoms with van der Waals surface area (Å²) in [5, 5.41) is 33.1. The van der Waals surface area contributed by atoms with Crippen molar-refractivity contribution >= 4 is 11.7 Å². The van der Waals surface area contributed by atoms with Gasteiger partial charge < -0.3 is 20.3 Å². The Hall–Kier alpha value is -2.03. The predicted octanol–water partition coefficient (Wildman–Crippen LogP) is -0.00490. The van der Waals surface area contributed by atoms with E-state index in [2.05, 4.69) is 10.1 Å². The first kappa shape index (κ1) is 16.0. The number of aliphatic hydroxyl groups is 2.